The van der Waals surface area contributed by atoms with Crippen LogP contribution in [0.2, 0.25) is 5.02 Å². The van der Waals surface area contributed by atoms with E-state index in [0.717, 1.165) is 17.1 Å². The maximum Gasteiger partial charge on any atom is 0.0700 e. The normalized spacial score (nSPS) is 12.0. The summed E-state index contributed by atoms with van der Waals surface area (Å²) in [6.45, 7) is 6.56. The molecule has 3 heteroatoms. The summed E-state index contributed by atoms with van der Waals surface area (Å²) in [6, 6.07) is 14.4. The predicted octanol–water partition coefficient (Wildman–Crippen LogP) is 4.88. The lowest BCUT2D eigenvalue weighted by molar-refractivity contribution is 0.562. The van der Waals surface area contributed by atoms with Crippen LogP contribution < -0.4 is 0 Å². The first-order chi connectivity index (χ1) is 9.93. The second kappa shape index (κ2) is 5.19. The number of hydrogen-bond donors (Lipinski definition) is 0. The molecule has 0 amide bonds. The van der Waals surface area contributed by atoms with E-state index in [-0.39, 0.29) is 5.41 Å². The van der Waals surface area contributed by atoms with E-state index in [4.69, 9.17) is 16.7 Å². The lowest BCUT2D eigenvalue weighted by atomic mass is 9.92. The topological polar surface area (TPSA) is 17.3 Å². The largest absolute Gasteiger partial charge is 0.240 e. The molecule has 0 saturated carbocycles. The Morgan fingerprint density at radius 2 is 1.81 bits per heavy atom. The molecule has 0 radical (unpaired) electrons. The fourth-order valence-electron chi connectivity index (χ4n) is 2.41. The van der Waals surface area contributed by atoms with Gasteiger partial charge < -0.3 is 0 Å². The van der Waals surface area contributed by atoms with Crippen LogP contribution in [0.25, 0.3) is 5.52 Å². The summed E-state index contributed by atoms with van der Waals surface area (Å²) in [7, 11) is 0. The first-order valence-corrected chi connectivity index (χ1v) is 7.53. The van der Waals surface area contributed by atoms with Crippen LogP contribution in [-0.4, -0.2) is 9.61 Å². The highest BCUT2D eigenvalue weighted by molar-refractivity contribution is 6.30. The van der Waals surface area contributed by atoms with E-state index in [9.17, 15) is 0 Å². The molecular weight excluding hydrogens is 280 g/mol. The zero-order valence-corrected chi connectivity index (χ0v) is 13.4. The molecule has 0 fully saturated rings. The van der Waals surface area contributed by atoms with Crippen molar-refractivity contribution in [1.29, 1.82) is 0 Å². The molecule has 0 saturated heterocycles. The fraction of sp³-hybridized carbons (Fsp3) is 0.278. The van der Waals surface area contributed by atoms with E-state index < -0.39 is 0 Å². The van der Waals surface area contributed by atoms with Crippen molar-refractivity contribution in [3.63, 3.8) is 0 Å². The fourth-order valence-corrected chi connectivity index (χ4v) is 2.54. The average Bonchev–Trinajstić information content (AvgIpc) is 2.86. The summed E-state index contributed by atoms with van der Waals surface area (Å²) in [5.41, 5.74) is 4.89. The second-order valence-corrected chi connectivity index (χ2v) is 6.88. The van der Waals surface area contributed by atoms with E-state index in [0.29, 0.717) is 0 Å². The van der Waals surface area contributed by atoms with E-state index in [2.05, 4.69) is 51.1 Å². The van der Waals surface area contributed by atoms with Crippen LogP contribution >= 0.6 is 11.6 Å². The number of rotatable bonds is 2. The van der Waals surface area contributed by atoms with Gasteiger partial charge in [-0.15, -0.1) is 0 Å². The van der Waals surface area contributed by atoms with Crippen LogP contribution in [0, 0.1) is 0 Å². The quantitative estimate of drug-likeness (QED) is 0.659. The van der Waals surface area contributed by atoms with Crippen molar-refractivity contribution < 1.29 is 0 Å². The van der Waals surface area contributed by atoms with E-state index in [1.807, 2.05) is 22.8 Å². The van der Waals surface area contributed by atoms with Crippen LogP contribution in [0.4, 0.5) is 0 Å². The summed E-state index contributed by atoms with van der Waals surface area (Å²) in [5.74, 6) is 0. The van der Waals surface area contributed by atoms with Crippen LogP contribution in [-0.2, 0) is 11.8 Å². The molecule has 0 aliphatic heterocycles. The summed E-state index contributed by atoms with van der Waals surface area (Å²) >= 11 is 5.95. The van der Waals surface area contributed by atoms with Crippen molar-refractivity contribution in [2.45, 2.75) is 32.6 Å². The molecule has 21 heavy (non-hydrogen) atoms. The van der Waals surface area contributed by atoms with E-state index >= 15 is 0 Å². The Morgan fingerprint density at radius 3 is 2.48 bits per heavy atom. The standard InChI is InChI=1S/C18H19ClN2/c1-18(2,3)17-12-16-14(5-4-10-21(16)20-17)11-13-6-8-15(19)9-7-13/h4-10,12H,11H2,1-3H3. The Balaban J connectivity index is 2.02. The Kier molecular flexibility index (Phi) is 3.50. The van der Waals surface area contributed by atoms with Gasteiger partial charge in [-0.25, -0.2) is 4.52 Å². The number of pyridine rings is 1. The molecule has 0 aliphatic rings. The van der Waals surface area contributed by atoms with Gasteiger partial charge in [0, 0.05) is 16.6 Å². The number of fused-ring (bicyclic) bond motifs is 1. The SMILES string of the molecule is CC(C)(C)c1cc2c(Cc3ccc(Cl)cc3)cccn2n1. The maximum absolute atomic E-state index is 5.95. The Bertz CT molecular complexity index is 764. The lowest BCUT2D eigenvalue weighted by Crippen LogP contribution is -2.11. The number of hydrogen-bond acceptors (Lipinski definition) is 1. The predicted molar refractivity (Wildman–Crippen MR) is 88.2 cm³/mol. The summed E-state index contributed by atoms with van der Waals surface area (Å²) < 4.78 is 1.98. The van der Waals surface area contributed by atoms with Gasteiger partial charge in [-0.2, -0.15) is 5.10 Å². The molecule has 0 aliphatic carbocycles. The van der Waals surface area contributed by atoms with Crippen LogP contribution in [0.15, 0.2) is 48.7 Å². The molecule has 3 aromatic rings. The van der Waals surface area contributed by atoms with Crippen molar-refractivity contribution in [3.05, 3.63) is 70.5 Å². The Labute approximate surface area is 130 Å². The monoisotopic (exact) mass is 298 g/mol. The smallest absolute Gasteiger partial charge is 0.0700 e. The summed E-state index contributed by atoms with van der Waals surface area (Å²) in [4.78, 5) is 0. The van der Waals surface area contributed by atoms with Gasteiger partial charge in [-0.05, 0) is 41.8 Å². The molecule has 0 spiro atoms. The molecule has 2 nitrogen and oxygen atoms in total. The molecule has 2 aromatic heterocycles. The third kappa shape index (κ3) is 2.96. The van der Waals surface area contributed by atoms with Gasteiger partial charge >= 0.3 is 0 Å². The highest BCUT2D eigenvalue weighted by Gasteiger charge is 2.18. The Hall–Kier alpha value is -1.80. The molecule has 0 N–H and O–H groups in total. The molecule has 0 bridgehead atoms. The number of halogens is 1. The highest BCUT2D eigenvalue weighted by Crippen LogP contribution is 2.24. The molecule has 3 rings (SSSR count). The Morgan fingerprint density at radius 1 is 1.10 bits per heavy atom. The van der Waals surface area contributed by atoms with Gasteiger partial charge in [0.05, 0.1) is 11.2 Å². The van der Waals surface area contributed by atoms with Gasteiger partial charge in [-0.3, -0.25) is 0 Å². The van der Waals surface area contributed by atoms with Gasteiger partial charge in [0.15, 0.2) is 0 Å². The zero-order valence-electron chi connectivity index (χ0n) is 12.6. The van der Waals surface area contributed by atoms with Gasteiger partial charge in [-0.1, -0.05) is 50.6 Å². The molecule has 0 atom stereocenters. The molecule has 2 heterocycles. The maximum atomic E-state index is 5.95. The average molecular weight is 299 g/mol. The first kappa shape index (κ1) is 14.2. The van der Waals surface area contributed by atoms with Crippen molar-refractivity contribution in [3.8, 4) is 0 Å². The number of nitrogens with zero attached hydrogens (tertiary/aromatic N) is 2. The van der Waals surface area contributed by atoms with E-state index in [1.165, 1.54) is 16.6 Å². The minimum atomic E-state index is 0.0591. The van der Waals surface area contributed by atoms with E-state index in [1.54, 1.807) is 0 Å². The zero-order chi connectivity index (χ0) is 15.0. The highest BCUT2D eigenvalue weighted by atomic mass is 35.5. The van der Waals surface area contributed by atoms with Crippen molar-refractivity contribution >= 4 is 17.1 Å². The third-order valence-corrected chi connectivity index (χ3v) is 3.92. The van der Waals surface area contributed by atoms with Crippen molar-refractivity contribution in [2.24, 2.45) is 0 Å². The second-order valence-electron chi connectivity index (χ2n) is 6.45. The third-order valence-electron chi connectivity index (χ3n) is 3.67. The van der Waals surface area contributed by atoms with Gasteiger partial charge in [0.1, 0.15) is 0 Å². The number of aromatic nitrogens is 2. The van der Waals surface area contributed by atoms with Crippen LogP contribution in [0.1, 0.15) is 37.6 Å². The van der Waals surface area contributed by atoms with Crippen molar-refractivity contribution in [2.75, 3.05) is 0 Å². The van der Waals surface area contributed by atoms with Gasteiger partial charge in [0.2, 0.25) is 0 Å². The summed E-state index contributed by atoms with van der Waals surface area (Å²) in [5, 5.41) is 5.47. The van der Waals surface area contributed by atoms with Gasteiger partial charge in [0.25, 0.3) is 0 Å². The molecular formula is C18H19ClN2. The number of benzene rings is 1. The molecule has 0 unspecified atom stereocenters. The molecule has 108 valence electrons. The first-order valence-electron chi connectivity index (χ1n) is 7.16. The summed E-state index contributed by atoms with van der Waals surface area (Å²) in [6.07, 6.45) is 2.90. The van der Waals surface area contributed by atoms with Crippen LogP contribution in [0.5, 0.6) is 0 Å². The minimum absolute atomic E-state index is 0.0591. The molecule has 1 aromatic carbocycles. The minimum Gasteiger partial charge on any atom is -0.240 e. The lowest BCUT2D eigenvalue weighted by Gasteiger charge is -2.13. The van der Waals surface area contributed by atoms with Crippen LogP contribution in [0.3, 0.4) is 0 Å². The van der Waals surface area contributed by atoms with Crippen molar-refractivity contribution in [1.82, 2.24) is 9.61 Å².